The fourth-order valence-electron chi connectivity index (χ4n) is 1.72. The highest BCUT2D eigenvalue weighted by Crippen LogP contribution is 2.05. The maximum Gasteiger partial charge on any atom is 0.239 e. The van der Waals surface area contributed by atoms with Gasteiger partial charge in [-0.2, -0.15) is 15.0 Å². The van der Waals surface area contributed by atoms with Gasteiger partial charge in [0.2, 0.25) is 5.91 Å². The highest BCUT2D eigenvalue weighted by atomic mass is 16.2. The molecule has 1 amide bonds. The normalized spacial score (nSPS) is 12.2. The van der Waals surface area contributed by atoms with Crippen molar-refractivity contribution in [2.75, 3.05) is 7.05 Å². The number of carbonyl (C=O) groups excluding carboxylic acids is 1. The van der Waals surface area contributed by atoms with Crippen LogP contribution in [0.2, 0.25) is 0 Å². The summed E-state index contributed by atoms with van der Waals surface area (Å²) in [5, 5.41) is 8.51. The van der Waals surface area contributed by atoms with Crippen LogP contribution in [0.15, 0.2) is 36.5 Å². The molecule has 6 nitrogen and oxygen atoms in total. The van der Waals surface area contributed by atoms with E-state index in [0.29, 0.717) is 6.54 Å². The van der Waals surface area contributed by atoms with Crippen LogP contribution in [0.5, 0.6) is 0 Å². The maximum atomic E-state index is 11.7. The van der Waals surface area contributed by atoms with E-state index in [2.05, 4.69) is 10.2 Å². The molecular weight excluding hydrogens is 242 g/mol. The van der Waals surface area contributed by atoms with Gasteiger partial charge in [0.15, 0.2) is 0 Å². The standard InChI is InChI=1S/C13H17N5O/c1-10(14)13(19)17(2)9-11-8-15-18(16-11)12-6-4-3-5-7-12/h3-8,10H,9,14H2,1-2H3/t10-/m1/s1. The lowest BCUT2D eigenvalue weighted by molar-refractivity contribution is -0.131. The molecule has 1 aromatic carbocycles. The molecule has 0 bridgehead atoms. The third kappa shape index (κ3) is 3.17. The van der Waals surface area contributed by atoms with E-state index in [-0.39, 0.29) is 5.91 Å². The van der Waals surface area contributed by atoms with Crippen molar-refractivity contribution in [1.29, 1.82) is 0 Å². The smallest absolute Gasteiger partial charge is 0.239 e. The Labute approximate surface area is 111 Å². The highest BCUT2D eigenvalue weighted by molar-refractivity contribution is 5.80. The van der Waals surface area contributed by atoms with Gasteiger partial charge < -0.3 is 10.6 Å². The van der Waals surface area contributed by atoms with Crippen LogP contribution in [0, 0.1) is 0 Å². The first kappa shape index (κ1) is 13.2. The Balaban J connectivity index is 2.08. The number of benzene rings is 1. The second kappa shape index (κ2) is 5.62. The van der Waals surface area contributed by atoms with Crippen molar-refractivity contribution >= 4 is 5.91 Å². The largest absolute Gasteiger partial charge is 0.338 e. The van der Waals surface area contributed by atoms with Crippen molar-refractivity contribution in [2.45, 2.75) is 19.5 Å². The van der Waals surface area contributed by atoms with Crippen LogP contribution >= 0.6 is 0 Å². The number of hydrogen-bond acceptors (Lipinski definition) is 4. The summed E-state index contributed by atoms with van der Waals surface area (Å²) in [4.78, 5) is 14.8. The summed E-state index contributed by atoms with van der Waals surface area (Å²) >= 11 is 0. The number of nitrogens with zero attached hydrogens (tertiary/aromatic N) is 4. The molecule has 0 aliphatic heterocycles. The molecular formula is C13H17N5O. The predicted octanol–water partition coefficient (Wildman–Crippen LogP) is 0.573. The second-order valence-electron chi connectivity index (χ2n) is 4.44. The molecule has 0 radical (unpaired) electrons. The number of para-hydroxylation sites is 1. The second-order valence-corrected chi connectivity index (χ2v) is 4.44. The summed E-state index contributed by atoms with van der Waals surface area (Å²) in [6.45, 7) is 2.06. The van der Waals surface area contributed by atoms with E-state index >= 15 is 0 Å². The average molecular weight is 259 g/mol. The number of amides is 1. The van der Waals surface area contributed by atoms with Crippen LogP contribution in [0.1, 0.15) is 12.6 Å². The van der Waals surface area contributed by atoms with Crippen molar-refractivity contribution in [3.05, 3.63) is 42.2 Å². The fourth-order valence-corrected chi connectivity index (χ4v) is 1.72. The molecule has 100 valence electrons. The first-order valence-corrected chi connectivity index (χ1v) is 6.05. The molecule has 1 atom stereocenters. The van der Waals surface area contributed by atoms with Gasteiger partial charge in [0, 0.05) is 7.05 Å². The van der Waals surface area contributed by atoms with Crippen LogP contribution in [0.4, 0.5) is 0 Å². The topological polar surface area (TPSA) is 77.0 Å². The minimum Gasteiger partial charge on any atom is -0.338 e. The molecule has 2 N–H and O–H groups in total. The maximum absolute atomic E-state index is 11.7. The molecule has 1 aromatic heterocycles. The zero-order valence-corrected chi connectivity index (χ0v) is 11.0. The molecule has 0 saturated carbocycles. The number of hydrogen-bond donors (Lipinski definition) is 1. The van der Waals surface area contributed by atoms with Gasteiger partial charge >= 0.3 is 0 Å². The molecule has 19 heavy (non-hydrogen) atoms. The number of nitrogens with two attached hydrogens (primary N) is 1. The van der Waals surface area contributed by atoms with Crippen molar-refractivity contribution in [2.24, 2.45) is 5.73 Å². The minimum atomic E-state index is -0.505. The van der Waals surface area contributed by atoms with E-state index in [1.165, 1.54) is 0 Å². The van der Waals surface area contributed by atoms with Gasteiger partial charge in [-0.05, 0) is 19.1 Å². The Morgan fingerprint density at radius 3 is 2.74 bits per heavy atom. The summed E-state index contributed by atoms with van der Waals surface area (Å²) in [5.41, 5.74) is 7.16. The van der Waals surface area contributed by atoms with Gasteiger partial charge in [0.05, 0.1) is 24.5 Å². The quantitative estimate of drug-likeness (QED) is 0.871. The lowest BCUT2D eigenvalue weighted by atomic mass is 10.3. The minimum absolute atomic E-state index is 0.116. The molecule has 0 fully saturated rings. The van der Waals surface area contributed by atoms with Crippen LogP contribution in [-0.4, -0.2) is 38.9 Å². The van der Waals surface area contributed by atoms with Gasteiger partial charge in [-0.3, -0.25) is 4.79 Å². The Hall–Kier alpha value is -2.21. The van der Waals surface area contributed by atoms with Gasteiger partial charge in [0.25, 0.3) is 0 Å². The van der Waals surface area contributed by atoms with E-state index in [0.717, 1.165) is 11.4 Å². The summed E-state index contributed by atoms with van der Waals surface area (Å²) in [5.74, 6) is -0.116. The van der Waals surface area contributed by atoms with Crippen LogP contribution in [-0.2, 0) is 11.3 Å². The fraction of sp³-hybridized carbons (Fsp3) is 0.308. The van der Waals surface area contributed by atoms with E-state index < -0.39 is 6.04 Å². The van der Waals surface area contributed by atoms with Crippen LogP contribution in [0.25, 0.3) is 5.69 Å². The summed E-state index contributed by atoms with van der Waals surface area (Å²) in [7, 11) is 1.70. The number of aromatic nitrogens is 3. The van der Waals surface area contributed by atoms with Crippen molar-refractivity contribution in [1.82, 2.24) is 19.9 Å². The SMILES string of the molecule is C[C@@H](N)C(=O)N(C)Cc1cnn(-c2ccccc2)n1. The zero-order chi connectivity index (χ0) is 13.8. The van der Waals surface area contributed by atoms with E-state index in [4.69, 9.17) is 5.73 Å². The van der Waals surface area contributed by atoms with Gasteiger partial charge in [-0.25, -0.2) is 0 Å². The monoisotopic (exact) mass is 259 g/mol. The summed E-state index contributed by atoms with van der Waals surface area (Å²) in [6, 6.07) is 9.10. The van der Waals surface area contributed by atoms with Gasteiger partial charge in [0.1, 0.15) is 5.69 Å². The van der Waals surface area contributed by atoms with Crippen LogP contribution < -0.4 is 5.73 Å². The lowest BCUT2D eigenvalue weighted by Gasteiger charge is -2.17. The molecule has 0 saturated heterocycles. The molecule has 2 rings (SSSR count). The summed E-state index contributed by atoms with van der Waals surface area (Å²) in [6.07, 6.45) is 1.65. The highest BCUT2D eigenvalue weighted by Gasteiger charge is 2.15. The van der Waals surface area contributed by atoms with E-state index in [9.17, 15) is 4.79 Å². The van der Waals surface area contributed by atoms with Crippen molar-refractivity contribution < 1.29 is 4.79 Å². The Kier molecular flexibility index (Phi) is 3.91. The Bertz CT molecular complexity index is 549. The van der Waals surface area contributed by atoms with Gasteiger partial charge in [-0.15, -0.1) is 0 Å². The van der Waals surface area contributed by atoms with Crippen LogP contribution in [0.3, 0.4) is 0 Å². The summed E-state index contributed by atoms with van der Waals surface area (Å²) < 4.78 is 0. The first-order valence-electron chi connectivity index (χ1n) is 6.05. The number of likely N-dealkylation sites (N-methyl/N-ethyl adjacent to an activating group) is 1. The number of carbonyl (C=O) groups is 1. The molecule has 0 aliphatic carbocycles. The lowest BCUT2D eigenvalue weighted by Crippen LogP contribution is -2.39. The predicted molar refractivity (Wildman–Crippen MR) is 71.5 cm³/mol. The van der Waals surface area contributed by atoms with Crippen molar-refractivity contribution in [3.8, 4) is 5.69 Å². The first-order chi connectivity index (χ1) is 9.08. The van der Waals surface area contributed by atoms with Gasteiger partial charge in [-0.1, -0.05) is 18.2 Å². The average Bonchev–Trinajstić information content (AvgIpc) is 2.87. The Morgan fingerprint density at radius 2 is 2.11 bits per heavy atom. The van der Waals surface area contributed by atoms with Crippen molar-refractivity contribution in [3.63, 3.8) is 0 Å². The number of rotatable bonds is 4. The third-order valence-electron chi connectivity index (χ3n) is 2.69. The molecule has 1 heterocycles. The van der Waals surface area contributed by atoms with E-state index in [1.54, 1.807) is 29.9 Å². The Morgan fingerprint density at radius 1 is 1.42 bits per heavy atom. The molecule has 6 heteroatoms. The molecule has 0 spiro atoms. The molecule has 2 aromatic rings. The van der Waals surface area contributed by atoms with E-state index in [1.807, 2.05) is 30.3 Å². The third-order valence-corrected chi connectivity index (χ3v) is 2.69. The molecule has 0 aliphatic rings. The zero-order valence-electron chi connectivity index (χ0n) is 11.0. The molecule has 0 unspecified atom stereocenters.